The molecule has 1 aromatic rings. The van der Waals surface area contributed by atoms with E-state index in [1.54, 1.807) is 6.07 Å². The fourth-order valence-electron chi connectivity index (χ4n) is 2.45. The van der Waals surface area contributed by atoms with Gasteiger partial charge in [0.25, 0.3) is 0 Å². The van der Waals surface area contributed by atoms with Crippen molar-refractivity contribution in [3.8, 4) is 6.07 Å². The number of nitrogens with zero attached hydrogens (tertiary/aromatic N) is 3. The number of hydrogen-bond donors (Lipinski definition) is 1. The monoisotopic (exact) mass is 231 g/mol. The highest BCUT2D eigenvalue weighted by atomic mass is 16.3. The summed E-state index contributed by atoms with van der Waals surface area (Å²) >= 11 is 0. The van der Waals surface area contributed by atoms with Gasteiger partial charge in [-0.15, -0.1) is 0 Å². The number of nitriles is 1. The second-order valence-corrected chi connectivity index (χ2v) is 4.35. The van der Waals surface area contributed by atoms with Crippen LogP contribution in [0.3, 0.4) is 0 Å². The number of pyridine rings is 1. The molecule has 4 nitrogen and oxygen atoms in total. The van der Waals surface area contributed by atoms with Crippen LogP contribution in [0.25, 0.3) is 0 Å². The Bertz CT molecular complexity index is 407. The first-order valence-electron chi connectivity index (χ1n) is 6.10. The van der Waals surface area contributed by atoms with Crippen LogP contribution in [-0.4, -0.2) is 29.3 Å². The van der Waals surface area contributed by atoms with Gasteiger partial charge in [-0.3, -0.25) is 0 Å². The molecule has 0 bridgehead atoms. The van der Waals surface area contributed by atoms with E-state index in [1.807, 2.05) is 12.1 Å². The second kappa shape index (κ2) is 5.65. The zero-order valence-corrected chi connectivity index (χ0v) is 9.84. The predicted octanol–water partition coefficient (Wildman–Crippen LogP) is 1.69. The molecule has 1 N–H and O–H groups in total. The first-order valence-corrected chi connectivity index (χ1v) is 6.10. The van der Waals surface area contributed by atoms with Gasteiger partial charge in [-0.25, -0.2) is 4.98 Å². The summed E-state index contributed by atoms with van der Waals surface area (Å²) in [6.45, 7) is 0.710. The molecule has 1 heterocycles. The Labute approximate surface area is 102 Å². The standard InChI is InChI=1S/C13H17N3O/c14-10-11-4-3-7-13(15-11)16(8-9-17)12-5-1-2-6-12/h3-4,7,12,17H,1-2,5-6,8-9H2. The summed E-state index contributed by atoms with van der Waals surface area (Å²) in [6.07, 6.45) is 4.78. The van der Waals surface area contributed by atoms with Gasteiger partial charge in [0.15, 0.2) is 0 Å². The van der Waals surface area contributed by atoms with Crippen LogP contribution in [0.4, 0.5) is 5.82 Å². The molecule has 0 aromatic carbocycles. The zero-order valence-electron chi connectivity index (χ0n) is 9.84. The zero-order chi connectivity index (χ0) is 12.1. The first-order chi connectivity index (χ1) is 8.35. The van der Waals surface area contributed by atoms with Crippen LogP contribution in [0.2, 0.25) is 0 Å². The van der Waals surface area contributed by atoms with Crippen LogP contribution in [-0.2, 0) is 0 Å². The van der Waals surface area contributed by atoms with Gasteiger partial charge in [0.2, 0.25) is 0 Å². The molecule has 1 aliphatic rings. The molecule has 1 fully saturated rings. The highest BCUT2D eigenvalue weighted by Crippen LogP contribution is 2.26. The third kappa shape index (κ3) is 2.75. The molecule has 0 aliphatic heterocycles. The fourth-order valence-corrected chi connectivity index (χ4v) is 2.45. The second-order valence-electron chi connectivity index (χ2n) is 4.35. The van der Waals surface area contributed by atoms with Crippen LogP contribution < -0.4 is 4.90 Å². The molecule has 4 heteroatoms. The van der Waals surface area contributed by atoms with Crippen molar-refractivity contribution >= 4 is 5.82 Å². The third-order valence-electron chi connectivity index (χ3n) is 3.25. The number of aliphatic hydroxyl groups is 1. The fraction of sp³-hybridized carbons (Fsp3) is 0.538. The normalized spacial score (nSPS) is 15.8. The summed E-state index contributed by atoms with van der Waals surface area (Å²) in [5.74, 6) is 0.810. The van der Waals surface area contributed by atoms with E-state index in [9.17, 15) is 0 Å². The molecule has 0 spiro atoms. The lowest BCUT2D eigenvalue weighted by molar-refractivity contribution is 0.297. The topological polar surface area (TPSA) is 60.2 Å². The third-order valence-corrected chi connectivity index (χ3v) is 3.25. The highest BCUT2D eigenvalue weighted by Gasteiger charge is 2.23. The molecular weight excluding hydrogens is 214 g/mol. The van der Waals surface area contributed by atoms with E-state index in [4.69, 9.17) is 10.4 Å². The summed E-state index contributed by atoms with van der Waals surface area (Å²) in [5.41, 5.74) is 0.434. The Balaban J connectivity index is 2.21. The molecule has 0 unspecified atom stereocenters. The molecule has 0 amide bonds. The Morgan fingerprint density at radius 3 is 2.82 bits per heavy atom. The number of aliphatic hydroxyl groups excluding tert-OH is 1. The Morgan fingerprint density at radius 1 is 1.41 bits per heavy atom. The molecule has 0 radical (unpaired) electrons. The van der Waals surface area contributed by atoms with Crippen LogP contribution >= 0.6 is 0 Å². The lowest BCUT2D eigenvalue weighted by atomic mass is 10.2. The van der Waals surface area contributed by atoms with E-state index in [2.05, 4.69) is 16.0 Å². The van der Waals surface area contributed by atoms with Gasteiger partial charge in [0.1, 0.15) is 17.6 Å². The highest BCUT2D eigenvalue weighted by molar-refractivity contribution is 5.42. The number of anilines is 1. The van der Waals surface area contributed by atoms with E-state index in [-0.39, 0.29) is 6.61 Å². The molecule has 17 heavy (non-hydrogen) atoms. The van der Waals surface area contributed by atoms with Crippen molar-refractivity contribution in [2.75, 3.05) is 18.1 Å². The number of hydrogen-bond acceptors (Lipinski definition) is 4. The van der Waals surface area contributed by atoms with Crippen molar-refractivity contribution in [2.24, 2.45) is 0 Å². The van der Waals surface area contributed by atoms with Crippen molar-refractivity contribution in [3.05, 3.63) is 23.9 Å². The van der Waals surface area contributed by atoms with Crippen LogP contribution in [0.5, 0.6) is 0 Å². The minimum atomic E-state index is 0.120. The smallest absolute Gasteiger partial charge is 0.142 e. The van der Waals surface area contributed by atoms with Gasteiger partial charge >= 0.3 is 0 Å². The molecule has 0 atom stereocenters. The van der Waals surface area contributed by atoms with Gasteiger partial charge < -0.3 is 10.0 Å². The lowest BCUT2D eigenvalue weighted by Gasteiger charge is -2.29. The van der Waals surface area contributed by atoms with E-state index in [0.717, 1.165) is 18.7 Å². The maximum Gasteiger partial charge on any atom is 0.142 e. The van der Waals surface area contributed by atoms with Crippen LogP contribution in [0.1, 0.15) is 31.4 Å². The van der Waals surface area contributed by atoms with Crippen LogP contribution in [0, 0.1) is 11.3 Å². The molecular formula is C13H17N3O. The number of aromatic nitrogens is 1. The quantitative estimate of drug-likeness (QED) is 0.856. The molecule has 1 aliphatic carbocycles. The Morgan fingerprint density at radius 2 is 2.18 bits per heavy atom. The van der Waals surface area contributed by atoms with E-state index >= 15 is 0 Å². The van der Waals surface area contributed by atoms with Crippen molar-refractivity contribution in [1.82, 2.24) is 4.98 Å². The Hall–Kier alpha value is -1.60. The average molecular weight is 231 g/mol. The van der Waals surface area contributed by atoms with Gasteiger partial charge in [-0.2, -0.15) is 5.26 Å². The molecule has 1 aromatic heterocycles. The average Bonchev–Trinajstić information content (AvgIpc) is 2.89. The predicted molar refractivity (Wildman–Crippen MR) is 65.6 cm³/mol. The molecule has 2 rings (SSSR count). The largest absolute Gasteiger partial charge is 0.395 e. The number of rotatable bonds is 4. The lowest BCUT2D eigenvalue weighted by Crippen LogP contribution is -2.36. The van der Waals surface area contributed by atoms with Gasteiger partial charge in [0, 0.05) is 12.6 Å². The first kappa shape index (κ1) is 11.9. The van der Waals surface area contributed by atoms with E-state index in [1.165, 1.54) is 12.8 Å². The minimum absolute atomic E-state index is 0.120. The minimum Gasteiger partial charge on any atom is -0.395 e. The van der Waals surface area contributed by atoms with Gasteiger partial charge in [-0.05, 0) is 25.0 Å². The molecule has 1 saturated carbocycles. The van der Waals surface area contributed by atoms with Gasteiger partial charge in [0.05, 0.1) is 6.61 Å². The van der Waals surface area contributed by atoms with E-state index < -0.39 is 0 Å². The SMILES string of the molecule is N#Cc1cccc(N(CCO)C2CCCC2)n1. The summed E-state index contributed by atoms with van der Waals surface area (Å²) < 4.78 is 0. The summed E-state index contributed by atoms with van der Waals surface area (Å²) in [5, 5.41) is 18.0. The van der Waals surface area contributed by atoms with Crippen LogP contribution in [0.15, 0.2) is 18.2 Å². The van der Waals surface area contributed by atoms with E-state index in [0.29, 0.717) is 18.3 Å². The van der Waals surface area contributed by atoms with Gasteiger partial charge in [-0.1, -0.05) is 18.9 Å². The summed E-state index contributed by atoms with van der Waals surface area (Å²) in [6, 6.07) is 7.98. The maximum atomic E-state index is 9.15. The van der Waals surface area contributed by atoms with Crippen molar-refractivity contribution in [2.45, 2.75) is 31.7 Å². The summed E-state index contributed by atoms with van der Waals surface area (Å²) in [7, 11) is 0. The summed E-state index contributed by atoms with van der Waals surface area (Å²) in [4.78, 5) is 6.44. The molecule has 0 saturated heterocycles. The van der Waals surface area contributed by atoms with Crippen molar-refractivity contribution in [3.63, 3.8) is 0 Å². The maximum absolute atomic E-state index is 9.15. The van der Waals surface area contributed by atoms with Crippen molar-refractivity contribution < 1.29 is 5.11 Å². The Kier molecular flexibility index (Phi) is 3.94. The van der Waals surface area contributed by atoms with Crippen molar-refractivity contribution in [1.29, 1.82) is 5.26 Å². The molecule has 90 valence electrons.